The molecule has 22 heavy (non-hydrogen) atoms. The Morgan fingerprint density at radius 3 is 1.14 bits per heavy atom. The molecule has 0 nitrogen and oxygen atoms in total. The van der Waals surface area contributed by atoms with Crippen LogP contribution in [-0.2, 0) is 0 Å². The molecule has 8 bridgehead atoms. The molecule has 122 valence electrons. The van der Waals surface area contributed by atoms with Crippen LogP contribution >= 0.6 is 31.9 Å². The molecule has 0 aromatic carbocycles. The van der Waals surface area contributed by atoms with Crippen molar-refractivity contribution in [2.75, 3.05) is 0 Å². The standard InChI is InChI=1S/C20H28Br2/c21-17-15-3-11-1-12(4-15)8-19(17,7-11)20-9-13-2-14(10-20)6-16(5-13)18(20)22/h11-18H,1-10H2. The van der Waals surface area contributed by atoms with E-state index in [0.717, 1.165) is 45.2 Å². The highest BCUT2D eigenvalue weighted by Gasteiger charge is 2.70. The van der Waals surface area contributed by atoms with Crippen LogP contribution in [0.2, 0.25) is 0 Å². The van der Waals surface area contributed by atoms with Crippen molar-refractivity contribution in [2.24, 2.45) is 46.3 Å². The van der Waals surface area contributed by atoms with Gasteiger partial charge in [0, 0.05) is 9.65 Å². The lowest BCUT2D eigenvalue weighted by atomic mass is 9.35. The van der Waals surface area contributed by atoms with E-state index in [-0.39, 0.29) is 0 Å². The Hall–Kier alpha value is 0.960. The molecule has 8 aliphatic rings. The average Bonchev–Trinajstić information content (AvgIpc) is 2.48. The van der Waals surface area contributed by atoms with Gasteiger partial charge in [-0.1, -0.05) is 31.9 Å². The van der Waals surface area contributed by atoms with Crippen molar-refractivity contribution in [3.63, 3.8) is 0 Å². The fourth-order valence-electron chi connectivity index (χ4n) is 9.32. The monoisotopic (exact) mass is 426 g/mol. The average molecular weight is 428 g/mol. The lowest BCUT2D eigenvalue weighted by molar-refractivity contribution is -0.187. The van der Waals surface area contributed by atoms with Crippen LogP contribution in [0.3, 0.4) is 0 Å². The van der Waals surface area contributed by atoms with Crippen LogP contribution in [0, 0.1) is 46.3 Å². The predicted molar refractivity (Wildman–Crippen MR) is 97.4 cm³/mol. The van der Waals surface area contributed by atoms with Gasteiger partial charge in [0.2, 0.25) is 0 Å². The van der Waals surface area contributed by atoms with E-state index in [9.17, 15) is 0 Å². The third-order valence-corrected chi connectivity index (χ3v) is 12.6. The highest BCUT2D eigenvalue weighted by atomic mass is 79.9. The van der Waals surface area contributed by atoms with Crippen LogP contribution < -0.4 is 0 Å². The smallest absolute Gasteiger partial charge is 0.0236 e. The molecule has 8 fully saturated rings. The summed E-state index contributed by atoms with van der Waals surface area (Å²) in [4.78, 5) is 1.67. The number of halogens is 2. The molecule has 0 radical (unpaired) electrons. The Bertz CT molecular complexity index is 440. The van der Waals surface area contributed by atoms with Crippen LogP contribution in [0.1, 0.15) is 64.2 Å². The minimum atomic E-state index is 0.659. The zero-order valence-corrected chi connectivity index (χ0v) is 16.6. The summed E-state index contributed by atoms with van der Waals surface area (Å²) >= 11 is 8.67. The summed E-state index contributed by atoms with van der Waals surface area (Å²) in [7, 11) is 0. The Balaban J connectivity index is 1.49. The van der Waals surface area contributed by atoms with Gasteiger partial charge in [-0.3, -0.25) is 0 Å². The second kappa shape index (κ2) is 4.37. The van der Waals surface area contributed by atoms with Crippen molar-refractivity contribution in [1.82, 2.24) is 0 Å². The van der Waals surface area contributed by atoms with Crippen molar-refractivity contribution in [1.29, 1.82) is 0 Å². The van der Waals surface area contributed by atoms with Gasteiger partial charge in [0.15, 0.2) is 0 Å². The van der Waals surface area contributed by atoms with Gasteiger partial charge in [0.25, 0.3) is 0 Å². The van der Waals surface area contributed by atoms with Gasteiger partial charge in [-0.2, -0.15) is 0 Å². The number of hydrogen-bond acceptors (Lipinski definition) is 0. The normalized spacial score (nSPS) is 67.9. The Morgan fingerprint density at radius 2 is 0.818 bits per heavy atom. The maximum atomic E-state index is 4.33. The van der Waals surface area contributed by atoms with E-state index in [0.29, 0.717) is 10.8 Å². The first-order valence-corrected chi connectivity index (χ1v) is 11.7. The molecule has 0 saturated heterocycles. The first-order chi connectivity index (χ1) is 10.6. The van der Waals surface area contributed by atoms with Crippen molar-refractivity contribution in [3.8, 4) is 0 Å². The second-order valence-electron chi connectivity index (χ2n) is 10.3. The molecule has 0 aromatic rings. The molecule has 0 aromatic heterocycles. The van der Waals surface area contributed by atoms with Gasteiger partial charge < -0.3 is 0 Å². The maximum Gasteiger partial charge on any atom is 0.0236 e. The van der Waals surface area contributed by atoms with Gasteiger partial charge in [0.05, 0.1) is 0 Å². The fourth-order valence-corrected chi connectivity index (χ4v) is 11.8. The highest BCUT2D eigenvalue weighted by Crippen LogP contribution is 2.76. The van der Waals surface area contributed by atoms with E-state index in [1.165, 1.54) is 0 Å². The number of hydrogen-bond donors (Lipinski definition) is 0. The first kappa shape index (κ1) is 14.2. The molecule has 8 rings (SSSR count). The van der Waals surface area contributed by atoms with Crippen molar-refractivity contribution >= 4 is 31.9 Å². The highest BCUT2D eigenvalue weighted by molar-refractivity contribution is 9.09. The van der Waals surface area contributed by atoms with Gasteiger partial charge in [0.1, 0.15) is 0 Å². The van der Waals surface area contributed by atoms with E-state index >= 15 is 0 Å². The lowest BCUT2D eigenvalue weighted by Crippen LogP contribution is -2.68. The molecule has 0 aliphatic heterocycles. The largest absolute Gasteiger partial charge is 0.0881 e. The Labute approximate surface area is 151 Å². The van der Waals surface area contributed by atoms with Gasteiger partial charge >= 0.3 is 0 Å². The van der Waals surface area contributed by atoms with Gasteiger partial charge in [-0.25, -0.2) is 0 Å². The predicted octanol–water partition coefficient (Wildman–Crippen LogP) is 6.17. The summed E-state index contributed by atoms with van der Waals surface area (Å²) in [5.41, 5.74) is 1.32. The molecule has 6 unspecified atom stereocenters. The van der Waals surface area contributed by atoms with E-state index in [1.54, 1.807) is 64.2 Å². The summed E-state index contributed by atoms with van der Waals surface area (Å²) in [6.45, 7) is 0. The fraction of sp³-hybridized carbons (Fsp3) is 1.00. The zero-order chi connectivity index (χ0) is 14.7. The number of alkyl halides is 2. The Morgan fingerprint density at radius 1 is 0.500 bits per heavy atom. The third-order valence-electron chi connectivity index (χ3n) is 9.36. The molecule has 0 heterocycles. The summed E-state index contributed by atoms with van der Waals surface area (Å²) in [6.07, 6.45) is 15.7. The van der Waals surface area contributed by atoms with Gasteiger partial charge in [-0.05, 0) is 111 Å². The summed E-state index contributed by atoms with van der Waals surface area (Å²) < 4.78 is 0. The summed E-state index contributed by atoms with van der Waals surface area (Å²) in [5.74, 6) is 6.36. The number of rotatable bonds is 1. The second-order valence-corrected chi connectivity index (χ2v) is 12.3. The SMILES string of the molecule is BrC1C2CC3CC(C2)CC1(C12CC4CC(CC(C4)C1Br)C2)C3. The topological polar surface area (TPSA) is 0 Å². The Kier molecular flexibility index (Phi) is 2.82. The zero-order valence-electron chi connectivity index (χ0n) is 13.4. The molecule has 0 spiro atoms. The lowest BCUT2D eigenvalue weighted by Gasteiger charge is -2.73. The van der Waals surface area contributed by atoms with Crippen LogP contribution in [0.25, 0.3) is 0 Å². The minimum Gasteiger partial charge on any atom is -0.0881 e. The summed E-state index contributed by atoms with van der Waals surface area (Å²) in [6, 6.07) is 0. The van der Waals surface area contributed by atoms with E-state index in [1.807, 2.05) is 0 Å². The molecular formula is C20H28Br2. The van der Waals surface area contributed by atoms with E-state index in [2.05, 4.69) is 31.9 Å². The quantitative estimate of drug-likeness (QED) is 0.439. The van der Waals surface area contributed by atoms with Crippen LogP contribution in [0.15, 0.2) is 0 Å². The maximum absolute atomic E-state index is 4.33. The van der Waals surface area contributed by atoms with E-state index < -0.39 is 0 Å². The molecule has 0 N–H and O–H groups in total. The molecule has 0 amide bonds. The van der Waals surface area contributed by atoms with Crippen LogP contribution in [0.4, 0.5) is 0 Å². The van der Waals surface area contributed by atoms with E-state index in [4.69, 9.17) is 0 Å². The van der Waals surface area contributed by atoms with Crippen LogP contribution in [0.5, 0.6) is 0 Å². The van der Waals surface area contributed by atoms with Crippen molar-refractivity contribution in [3.05, 3.63) is 0 Å². The van der Waals surface area contributed by atoms with Crippen molar-refractivity contribution < 1.29 is 0 Å². The summed E-state index contributed by atoms with van der Waals surface area (Å²) in [5, 5.41) is 0. The minimum absolute atomic E-state index is 0.659. The molecular weight excluding hydrogens is 400 g/mol. The molecule has 2 heteroatoms. The van der Waals surface area contributed by atoms with Crippen molar-refractivity contribution in [2.45, 2.75) is 73.9 Å². The van der Waals surface area contributed by atoms with Gasteiger partial charge in [-0.15, -0.1) is 0 Å². The third kappa shape index (κ3) is 1.53. The van der Waals surface area contributed by atoms with Crippen LogP contribution in [-0.4, -0.2) is 9.65 Å². The molecule has 8 aliphatic carbocycles. The molecule has 6 atom stereocenters. The first-order valence-electron chi connectivity index (χ1n) is 9.88. The molecule has 8 saturated carbocycles.